The molecule has 0 aliphatic heterocycles. The highest BCUT2D eigenvalue weighted by Crippen LogP contribution is 2.35. The zero-order chi connectivity index (χ0) is 15.2. The molecule has 0 spiro atoms. The van der Waals surface area contributed by atoms with Gasteiger partial charge in [0.15, 0.2) is 5.69 Å². The number of aromatic nitrogens is 3. The van der Waals surface area contributed by atoms with Crippen molar-refractivity contribution in [3.8, 4) is 0 Å². The van der Waals surface area contributed by atoms with E-state index < -0.39 is 18.0 Å². The zero-order valence-electron chi connectivity index (χ0n) is 11.3. The average Bonchev–Trinajstić information content (AvgIpc) is 2.94. The molecule has 8 heteroatoms. The molecule has 0 amide bonds. The summed E-state index contributed by atoms with van der Waals surface area (Å²) in [4.78, 5) is 3.75. The third-order valence-electron chi connectivity index (χ3n) is 3.58. The van der Waals surface area contributed by atoms with Crippen LogP contribution in [0, 0.1) is 6.92 Å². The predicted octanol–water partition coefficient (Wildman–Crippen LogP) is 2.56. The summed E-state index contributed by atoms with van der Waals surface area (Å²) in [6.07, 6.45) is -1.39. The predicted molar refractivity (Wildman–Crippen MR) is 71.2 cm³/mol. The molecule has 1 unspecified atom stereocenters. The molecule has 4 nitrogen and oxygen atoms in total. The maximum Gasteiger partial charge on any atom is 0.434 e. The van der Waals surface area contributed by atoms with E-state index in [0.29, 0.717) is 24.3 Å². The lowest BCUT2D eigenvalue weighted by atomic mass is 9.96. The normalized spacial score (nSPS) is 18.8. The van der Waals surface area contributed by atoms with Crippen LogP contribution in [0.4, 0.5) is 13.2 Å². The van der Waals surface area contributed by atoms with Crippen LogP contribution in [0.5, 0.6) is 0 Å². The molecule has 1 aliphatic carbocycles. The van der Waals surface area contributed by atoms with Crippen LogP contribution < -0.4 is 0 Å². The number of aliphatic hydroxyl groups is 1. The van der Waals surface area contributed by atoms with Crippen molar-refractivity contribution in [1.29, 1.82) is 0 Å². The van der Waals surface area contributed by atoms with Gasteiger partial charge in [-0.1, -0.05) is 0 Å². The van der Waals surface area contributed by atoms with Gasteiger partial charge in [-0.2, -0.15) is 18.3 Å². The quantitative estimate of drug-likeness (QED) is 0.926. The molecule has 2 heterocycles. The molecule has 0 fully saturated rings. The minimum atomic E-state index is -4.45. The Hall–Kier alpha value is -1.41. The van der Waals surface area contributed by atoms with Gasteiger partial charge in [0.05, 0.1) is 28.7 Å². The summed E-state index contributed by atoms with van der Waals surface area (Å²) in [5.74, 6) is 0. The van der Waals surface area contributed by atoms with E-state index in [1.54, 1.807) is 17.8 Å². The van der Waals surface area contributed by atoms with E-state index >= 15 is 0 Å². The molecule has 0 bridgehead atoms. The second-order valence-electron chi connectivity index (χ2n) is 5.17. The fraction of sp³-hybridized carbons (Fsp3) is 0.538. The fourth-order valence-electron chi connectivity index (χ4n) is 2.61. The van der Waals surface area contributed by atoms with Crippen molar-refractivity contribution in [3.63, 3.8) is 0 Å². The van der Waals surface area contributed by atoms with Gasteiger partial charge >= 0.3 is 6.18 Å². The third-order valence-corrected chi connectivity index (χ3v) is 4.53. The summed E-state index contributed by atoms with van der Waals surface area (Å²) in [6, 6.07) is 0. The molecule has 2 aromatic rings. The van der Waals surface area contributed by atoms with E-state index in [0.717, 1.165) is 22.6 Å². The van der Waals surface area contributed by atoms with Crippen molar-refractivity contribution in [2.75, 3.05) is 0 Å². The van der Waals surface area contributed by atoms with E-state index in [1.165, 1.54) is 0 Å². The number of halogens is 3. The van der Waals surface area contributed by atoms with E-state index in [2.05, 4.69) is 10.1 Å². The lowest BCUT2D eigenvalue weighted by Crippen LogP contribution is -2.21. The van der Waals surface area contributed by atoms with Gasteiger partial charge in [0, 0.05) is 12.1 Å². The minimum absolute atomic E-state index is 0.0441. The van der Waals surface area contributed by atoms with Gasteiger partial charge in [0.2, 0.25) is 0 Å². The number of aliphatic hydroxyl groups excluding tert-OH is 1. The molecular weight excluding hydrogens is 303 g/mol. The van der Waals surface area contributed by atoms with Gasteiger partial charge in [-0.3, -0.25) is 4.68 Å². The molecule has 1 atom stereocenters. The van der Waals surface area contributed by atoms with Gasteiger partial charge in [-0.05, 0) is 25.3 Å². The highest BCUT2D eigenvalue weighted by atomic mass is 32.1. The molecule has 0 saturated heterocycles. The van der Waals surface area contributed by atoms with Crippen LogP contribution in [-0.2, 0) is 25.6 Å². The summed E-state index contributed by atoms with van der Waals surface area (Å²) in [5, 5.41) is 14.3. The highest BCUT2D eigenvalue weighted by molar-refractivity contribution is 7.11. The largest absolute Gasteiger partial charge is 0.434 e. The Bertz CT molecular complexity index is 662. The number of hydrogen-bond acceptors (Lipinski definition) is 4. The van der Waals surface area contributed by atoms with Crippen LogP contribution in [0.3, 0.4) is 0 Å². The first-order valence-corrected chi connectivity index (χ1v) is 7.41. The number of hydrogen-bond donors (Lipinski definition) is 1. The molecule has 1 N–H and O–H groups in total. The zero-order valence-corrected chi connectivity index (χ0v) is 12.1. The molecule has 2 aromatic heterocycles. The van der Waals surface area contributed by atoms with Crippen molar-refractivity contribution in [3.05, 3.63) is 33.0 Å². The first kappa shape index (κ1) is 14.5. The summed E-state index contributed by atoms with van der Waals surface area (Å²) in [5.41, 5.74) is 1.01. The second kappa shape index (κ2) is 5.10. The average molecular weight is 317 g/mol. The van der Waals surface area contributed by atoms with Crippen LogP contribution in [0.2, 0.25) is 0 Å². The second-order valence-corrected chi connectivity index (χ2v) is 6.46. The SMILES string of the molecule is Cc1nc(C(F)(F)F)c(Cn2ncc3c2CC(O)CC3)s1. The molecule has 21 heavy (non-hydrogen) atoms. The summed E-state index contributed by atoms with van der Waals surface area (Å²) < 4.78 is 40.5. The van der Waals surface area contributed by atoms with Gasteiger partial charge in [-0.15, -0.1) is 11.3 Å². The summed E-state index contributed by atoms with van der Waals surface area (Å²) in [7, 11) is 0. The number of alkyl halides is 3. The van der Waals surface area contributed by atoms with Crippen LogP contribution in [0.25, 0.3) is 0 Å². The maximum absolute atomic E-state index is 13.0. The standard InChI is InChI=1S/C13H14F3N3OS/c1-7-18-12(13(14,15)16)11(21-7)6-19-10-4-9(20)3-2-8(10)5-17-19/h5,9,20H,2-4,6H2,1H3. The van der Waals surface area contributed by atoms with E-state index in [-0.39, 0.29) is 11.4 Å². The van der Waals surface area contributed by atoms with Crippen molar-refractivity contribution in [2.24, 2.45) is 0 Å². The van der Waals surface area contributed by atoms with Gasteiger partial charge in [-0.25, -0.2) is 4.98 Å². The molecule has 0 radical (unpaired) electrons. The highest BCUT2D eigenvalue weighted by Gasteiger charge is 2.37. The number of rotatable bonds is 2. The lowest BCUT2D eigenvalue weighted by molar-refractivity contribution is -0.141. The molecule has 0 saturated carbocycles. The Morgan fingerprint density at radius 2 is 2.24 bits per heavy atom. The van der Waals surface area contributed by atoms with E-state index in [9.17, 15) is 18.3 Å². The van der Waals surface area contributed by atoms with Crippen LogP contribution >= 0.6 is 11.3 Å². The molecule has 3 rings (SSSR count). The Morgan fingerprint density at radius 1 is 1.48 bits per heavy atom. The summed E-state index contributed by atoms with van der Waals surface area (Å²) >= 11 is 1.04. The number of thiazole rings is 1. The van der Waals surface area contributed by atoms with Crippen molar-refractivity contribution < 1.29 is 18.3 Å². The Balaban J connectivity index is 1.93. The Labute approximate surface area is 123 Å². The van der Waals surface area contributed by atoms with Crippen LogP contribution in [0.1, 0.15) is 33.3 Å². The maximum atomic E-state index is 13.0. The van der Waals surface area contributed by atoms with Crippen LogP contribution in [-0.4, -0.2) is 26.0 Å². The minimum Gasteiger partial charge on any atom is -0.393 e. The third kappa shape index (κ3) is 2.82. The molecule has 114 valence electrons. The van der Waals surface area contributed by atoms with Crippen molar-refractivity contribution >= 4 is 11.3 Å². The fourth-order valence-corrected chi connectivity index (χ4v) is 3.55. The molecular formula is C13H14F3N3OS. The van der Waals surface area contributed by atoms with E-state index in [4.69, 9.17) is 0 Å². The smallest absolute Gasteiger partial charge is 0.393 e. The topological polar surface area (TPSA) is 50.9 Å². The number of nitrogens with zero attached hydrogens (tertiary/aromatic N) is 3. The van der Waals surface area contributed by atoms with Crippen LogP contribution in [0.15, 0.2) is 6.20 Å². The number of fused-ring (bicyclic) bond motifs is 1. The Morgan fingerprint density at radius 3 is 2.95 bits per heavy atom. The molecule has 1 aliphatic rings. The van der Waals surface area contributed by atoms with Crippen molar-refractivity contribution in [1.82, 2.24) is 14.8 Å². The van der Waals surface area contributed by atoms with E-state index in [1.807, 2.05) is 0 Å². The lowest BCUT2D eigenvalue weighted by Gasteiger charge is -2.18. The van der Waals surface area contributed by atoms with Gasteiger partial charge < -0.3 is 5.11 Å². The van der Waals surface area contributed by atoms with Gasteiger partial charge in [0.1, 0.15) is 0 Å². The summed E-state index contributed by atoms with van der Waals surface area (Å²) in [6.45, 7) is 1.61. The molecule has 0 aromatic carbocycles. The van der Waals surface area contributed by atoms with Gasteiger partial charge in [0.25, 0.3) is 0 Å². The number of aryl methyl sites for hydroxylation is 2. The Kier molecular flexibility index (Phi) is 3.53. The monoisotopic (exact) mass is 317 g/mol. The first-order valence-electron chi connectivity index (χ1n) is 6.59. The van der Waals surface area contributed by atoms with Crippen molar-refractivity contribution in [2.45, 2.75) is 45.0 Å². The first-order chi connectivity index (χ1) is 9.84.